The average Bonchev–Trinajstić information content (AvgIpc) is 3.06. The zero-order valence-electron chi connectivity index (χ0n) is 13.7. The van der Waals surface area contributed by atoms with E-state index in [0.29, 0.717) is 17.2 Å². The van der Waals surface area contributed by atoms with Crippen molar-refractivity contribution in [1.82, 2.24) is 15.3 Å². The highest BCUT2D eigenvalue weighted by Gasteiger charge is 2.34. The molecule has 0 aliphatic carbocycles. The average molecular weight is 338 g/mol. The second kappa shape index (κ2) is 7.08. The van der Waals surface area contributed by atoms with Gasteiger partial charge >= 0.3 is 0 Å². The molecule has 3 rings (SSSR count). The van der Waals surface area contributed by atoms with E-state index in [9.17, 15) is 9.59 Å². The van der Waals surface area contributed by atoms with Crippen molar-refractivity contribution in [3.8, 4) is 0 Å². The minimum absolute atomic E-state index is 0.166. The summed E-state index contributed by atoms with van der Waals surface area (Å²) in [5.74, 6) is -0.239. The van der Waals surface area contributed by atoms with Crippen LogP contribution in [0.5, 0.6) is 0 Å². The number of nitrogens with zero attached hydrogens (tertiary/aromatic N) is 4. The first-order valence-corrected chi connectivity index (χ1v) is 7.82. The first kappa shape index (κ1) is 16.6. The van der Waals surface area contributed by atoms with E-state index < -0.39 is 11.9 Å². The Kier molecular flexibility index (Phi) is 4.69. The minimum atomic E-state index is -0.676. The summed E-state index contributed by atoms with van der Waals surface area (Å²) in [6, 6.07) is 10.2. The van der Waals surface area contributed by atoms with Gasteiger partial charge in [-0.05, 0) is 25.1 Å². The lowest BCUT2D eigenvalue weighted by Gasteiger charge is -2.20. The highest BCUT2D eigenvalue weighted by atomic mass is 16.2. The number of hydrazone groups is 1. The molecular weight excluding hydrogens is 320 g/mol. The van der Waals surface area contributed by atoms with Crippen LogP contribution in [-0.4, -0.2) is 33.5 Å². The number of aryl methyl sites for hydroxylation is 1. The third-order valence-electron chi connectivity index (χ3n) is 3.79. The Balaban J connectivity index is 1.73. The van der Waals surface area contributed by atoms with Crippen molar-refractivity contribution in [2.45, 2.75) is 25.9 Å². The summed E-state index contributed by atoms with van der Waals surface area (Å²) in [6.45, 7) is 2.04. The summed E-state index contributed by atoms with van der Waals surface area (Å²) in [4.78, 5) is 32.4. The van der Waals surface area contributed by atoms with Crippen molar-refractivity contribution >= 4 is 23.2 Å². The number of rotatable bonds is 5. The van der Waals surface area contributed by atoms with Crippen molar-refractivity contribution in [3.63, 3.8) is 0 Å². The van der Waals surface area contributed by atoms with Crippen LogP contribution in [0.25, 0.3) is 0 Å². The van der Waals surface area contributed by atoms with Crippen molar-refractivity contribution in [3.05, 3.63) is 54.1 Å². The van der Waals surface area contributed by atoms with Gasteiger partial charge < -0.3 is 11.1 Å². The molecule has 128 valence electrons. The Hall–Kier alpha value is -3.29. The molecule has 8 heteroatoms. The van der Waals surface area contributed by atoms with E-state index >= 15 is 0 Å². The zero-order valence-corrected chi connectivity index (χ0v) is 13.7. The third kappa shape index (κ3) is 3.79. The molecular formula is C17H18N6O2. The Labute approximate surface area is 144 Å². The van der Waals surface area contributed by atoms with Gasteiger partial charge in [0.05, 0.1) is 17.9 Å². The highest BCUT2D eigenvalue weighted by Crippen LogP contribution is 2.24. The Morgan fingerprint density at radius 1 is 1.28 bits per heavy atom. The number of carbonyl (C=O) groups is 2. The van der Waals surface area contributed by atoms with Gasteiger partial charge in [0.1, 0.15) is 17.6 Å². The molecule has 8 nitrogen and oxygen atoms in total. The summed E-state index contributed by atoms with van der Waals surface area (Å²) in [5, 5.41) is 8.55. The van der Waals surface area contributed by atoms with Crippen LogP contribution in [0.4, 0.5) is 5.69 Å². The normalized spacial score (nSPS) is 16.4. The van der Waals surface area contributed by atoms with Crippen LogP contribution in [-0.2, 0) is 16.1 Å². The number of hydrogen-bond donors (Lipinski definition) is 2. The molecule has 0 bridgehead atoms. The Bertz CT molecular complexity index is 821. The molecule has 0 saturated carbocycles. The quantitative estimate of drug-likeness (QED) is 0.825. The van der Waals surface area contributed by atoms with Gasteiger partial charge in [0, 0.05) is 12.6 Å². The first-order chi connectivity index (χ1) is 12.0. The van der Waals surface area contributed by atoms with E-state index in [2.05, 4.69) is 20.4 Å². The van der Waals surface area contributed by atoms with Crippen LogP contribution >= 0.6 is 0 Å². The van der Waals surface area contributed by atoms with Crippen LogP contribution < -0.4 is 16.1 Å². The Morgan fingerprint density at radius 2 is 2.04 bits per heavy atom. The van der Waals surface area contributed by atoms with Crippen molar-refractivity contribution in [2.24, 2.45) is 10.8 Å². The fourth-order valence-corrected chi connectivity index (χ4v) is 2.56. The first-order valence-electron chi connectivity index (χ1n) is 7.82. The van der Waals surface area contributed by atoms with Crippen molar-refractivity contribution in [2.75, 3.05) is 5.01 Å². The predicted octanol–water partition coefficient (Wildman–Crippen LogP) is 0.521. The van der Waals surface area contributed by atoms with Crippen LogP contribution in [0.3, 0.4) is 0 Å². The molecule has 3 N–H and O–H groups in total. The lowest BCUT2D eigenvalue weighted by Crippen LogP contribution is -2.39. The van der Waals surface area contributed by atoms with Crippen LogP contribution in [0.2, 0.25) is 0 Å². The molecule has 1 aliphatic rings. The summed E-state index contributed by atoms with van der Waals surface area (Å²) >= 11 is 0. The summed E-state index contributed by atoms with van der Waals surface area (Å²) in [5.41, 5.74) is 7.14. The fourth-order valence-electron chi connectivity index (χ4n) is 2.56. The number of hydrogen-bond acceptors (Lipinski definition) is 6. The molecule has 1 atom stereocenters. The van der Waals surface area contributed by atoms with E-state index in [0.717, 1.165) is 0 Å². The maximum absolute atomic E-state index is 12.4. The standard InChI is InChI=1S/C17H18N6O2/c1-11-19-8-7-12(21-11)10-20-17(25)14-9-15(16(18)24)23(22-14)13-5-3-2-4-6-13/h2-8,15H,9-10H2,1H3,(H2,18,24)(H,20,25)/t15-/m1/s1. The van der Waals surface area contributed by atoms with Gasteiger partial charge in [-0.25, -0.2) is 9.97 Å². The molecule has 0 spiro atoms. The third-order valence-corrected chi connectivity index (χ3v) is 3.79. The summed E-state index contributed by atoms with van der Waals surface area (Å²) < 4.78 is 0. The number of benzene rings is 1. The smallest absolute Gasteiger partial charge is 0.267 e. The number of nitrogens with one attached hydrogen (secondary N) is 1. The number of para-hydroxylation sites is 1. The minimum Gasteiger partial charge on any atom is -0.368 e. The molecule has 0 fully saturated rings. The predicted molar refractivity (Wildman–Crippen MR) is 92.6 cm³/mol. The van der Waals surface area contributed by atoms with E-state index in [1.807, 2.05) is 30.3 Å². The van der Waals surface area contributed by atoms with Crippen molar-refractivity contribution in [1.29, 1.82) is 0 Å². The maximum atomic E-state index is 12.4. The van der Waals surface area contributed by atoms with Gasteiger partial charge in [-0.15, -0.1) is 0 Å². The molecule has 25 heavy (non-hydrogen) atoms. The fraction of sp³-hybridized carbons (Fsp3) is 0.235. The lowest BCUT2D eigenvalue weighted by molar-refractivity contribution is -0.119. The van der Waals surface area contributed by atoms with E-state index in [4.69, 9.17) is 5.73 Å². The zero-order chi connectivity index (χ0) is 17.8. The SMILES string of the molecule is Cc1nccc(CNC(=O)C2=NN(c3ccccc3)[C@@H](C(N)=O)C2)n1. The number of aromatic nitrogens is 2. The molecule has 2 amide bonds. The molecule has 1 aromatic heterocycles. The lowest BCUT2D eigenvalue weighted by atomic mass is 10.1. The molecule has 2 heterocycles. The highest BCUT2D eigenvalue weighted by molar-refractivity contribution is 6.40. The number of primary amides is 1. The van der Waals surface area contributed by atoms with Gasteiger partial charge in [0.15, 0.2) is 0 Å². The monoisotopic (exact) mass is 338 g/mol. The summed E-state index contributed by atoms with van der Waals surface area (Å²) in [7, 11) is 0. The number of amides is 2. The number of anilines is 1. The molecule has 2 aromatic rings. The van der Waals surface area contributed by atoms with Gasteiger partial charge in [-0.1, -0.05) is 18.2 Å². The molecule has 1 aliphatic heterocycles. The molecule has 0 unspecified atom stereocenters. The van der Waals surface area contributed by atoms with Crippen molar-refractivity contribution < 1.29 is 9.59 Å². The van der Waals surface area contributed by atoms with Gasteiger partial charge in [0.25, 0.3) is 5.91 Å². The van der Waals surface area contributed by atoms with Gasteiger partial charge in [-0.2, -0.15) is 5.10 Å². The van der Waals surface area contributed by atoms with E-state index in [1.165, 1.54) is 5.01 Å². The second-order valence-corrected chi connectivity index (χ2v) is 5.63. The van der Waals surface area contributed by atoms with Gasteiger partial charge in [0.2, 0.25) is 5.91 Å². The van der Waals surface area contributed by atoms with Crippen LogP contribution in [0, 0.1) is 6.92 Å². The second-order valence-electron chi connectivity index (χ2n) is 5.63. The maximum Gasteiger partial charge on any atom is 0.267 e. The molecule has 0 radical (unpaired) electrons. The number of nitrogens with two attached hydrogens (primary N) is 1. The van der Waals surface area contributed by atoms with Gasteiger partial charge in [-0.3, -0.25) is 14.6 Å². The Morgan fingerprint density at radius 3 is 2.72 bits per heavy atom. The molecule has 0 saturated heterocycles. The topological polar surface area (TPSA) is 114 Å². The largest absolute Gasteiger partial charge is 0.368 e. The van der Waals surface area contributed by atoms with E-state index in [-0.39, 0.29) is 24.6 Å². The van der Waals surface area contributed by atoms with Crippen LogP contribution in [0.1, 0.15) is 17.9 Å². The van der Waals surface area contributed by atoms with E-state index in [1.54, 1.807) is 19.2 Å². The summed E-state index contributed by atoms with van der Waals surface area (Å²) in [6.07, 6.45) is 1.80. The molecule has 1 aromatic carbocycles. The van der Waals surface area contributed by atoms with Crippen LogP contribution in [0.15, 0.2) is 47.7 Å². The number of carbonyl (C=O) groups excluding carboxylic acids is 2.